The molecule has 103 heavy (non-hydrogen) atoms. The van der Waals surface area contributed by atoms with E-state index in [9.17, 15) is 43.2 Å². The molecular formula is C84H164O17P2. The number of rotatable bonds is 83. The minimum Gasteiger partial charge on any atom is -0.462 e. The number of unbranched alkanes of at least 4 members (excludes halogenated alkanes) is 52. The average molecular weight is 1510 g/mol. The fraction of sp³-hybridized carbons (Fsp3) is 0.952. The van der Waals surface area contributed by atoms with Crippen LogP contribution in [0.4, 0.5) is 0 Å². The fourth-order valence-corrected chi connectivity index (χ4v) is 14.6. The van der Waals surface area contributed by atoms with Crippen molar-refractivity contribution in [2.24, 2.45) is 11.8 Å². The van der Waals surface area contributed by atoms with Gasteiger partial charge < -0.3 is 33.8 Å². The summed E-state index contributed by atoms with van der Waals surface area (Å²) in [5.74, 6) is -0.506. The van der Waals surface area contributed by atoms with E-state index < -0.39 is 97.5 Å². The molecule has 612 valence electrons. The first-order chi connectivity index (χ1) is 49.9. The summed E-state index contributed by atoms with van der Waals surface area (Å²) in [7, 11) is -9.92. The van der Waals surface area contributed by atoms with Gasteiger partial charge in [-0.3, -0.25) is 37.3 Å². The Morgan fingerprint density at radius 1 is 0.282 bits per heavy atom. The van der Waals surface area contributed by atoms with E-state index in [1.807, 2.05) is 0 Å². The number of hydrogen-bond acceptors (Lipinski definition) is 15. The lowest BCUT2D eigenvalue weighted by Gasteiger charge is -2.21. The van der Waals surface area contributed by atoms with Crippen molar-refractivity contribution in [1.29, 1.82) is 0 Å². The van der Waals surface area contributed by atoms with Crippen molar-refractivity contribution < 1.29 is 80.2 Å². The highest BCUT2D eigenvalue weighted by atomic mass is 31.2. The van der Waals surface area contributed by atoms with Crippen LogP contribution in [0.25, 0.3) is 0 Å². The van der Waals surface area contributed by atoms with Gasteiger partial charge >= 0.3 is 39.5 Å². The van der Waals surface area contributed by atoms with Crippen molar-refractivity contribution in [2.75, 3.05) is 39.6 Å². The zero-order chi connectivity index (χ0) is 75.6. The molecular weight excluding hydrogens is 1340 g/mol. The van der Waals surface area contributed by atoms with E-state index in [0.29, 0.717) is 25.7 Å². The summed E-state index contributed by atoms with van der Waals surface area (Å²) in [5.41, 5.74) is 0. The Morgan fingerprint density at radius 2 is 0.495 bits per heavy atom. The second-order valence-electron chi connectivity index (χ2n) is 30.9. The van der Waals surface area contributed by atoms with Crippen LogP contribution in [-0.2, 0) is 65.4 Å². The molecule has 0 rings (SSSR count). The quantitative estimate of drug-likeness (QED) is 0.0222. The number of aliphatic hydroxyl groups excluding tert-OH is 1. The van der Waals surface area contributed by atoms with E-state index in [-0.39, 0.29) is 25.7 Å². The maximum atomic E-state index is 13.1. The molecule has 3 N–H and O–H groups in total. The average Bonchev–Trinajstić information content (AvgIpc) is 0.927. The minimum absolute atomic E-state index is 0.108. The normalized spacial score (nSPS) is 14.1. The van der Waals surface area contributed by atoms with Gasteiger partial charge in [-0.2, -0.15) is 0 Å². The summed E-state index contributed by atoms with van der Waals surface area (Å²) in [5, 5.41) is 10.7. The number of carbonyl (C=O) groups excluding carboxylic acids is 4. The highest BCUT2D eigenvalue weighted by Gasteiger charge is 2.30. The van der Waals surface area contributed by atoms with Crippen LogP contribution in [0.15, 0.2) is 0 Å². The molecule has 0 radical (unpaired) electrons. The summed E-state index contributed by atoms with van der Waals surface area (Å²) < 4.78 is 68.8. The zero-order valence-electron chi connectivity index (χ0n) is 67.6. The van der Waals surface area contributed by atoms with Gasteiger partial charge in [0.2, 0.25) is 0 Å². The van der Waals surface area contributed by atoms with Crippen LogP contribution in [0.3, 0.4) is 0 Å². The lowest BCUT2D eigenvalue weighted by molar-refractivity contribution is -0.161. The zero-order valence-corrected chi connectivity index (χ0v) is 69.4. The van der Waals surface area contributed by atoms with Gasteiger partial charge in [-0.05, 0) is 37.5 Å². The number of ether oxygens (including phenoxy) is 4. The standard InChI is InChI=1S/C84H164O17P2/c1-7-10-12-14-16-18-20-22-28-33-37-41-48-54-60-66-81(86)94-72-79(100-83(88)69-63-57-51-43-39-35-31-27-25-24-26-30-32-36-40-47-53-59-65-77(6)9-3)74-98-102(90,91)96-70-78(85)71-97-103(92,93)99-75-80(73-95-82(87)67-61-55-49-45-44-46-52-58-64-76(4)5)101-84(89)68-62-56-50-42-38-34-29-23-21-19-17-15-13-11-8-2/h76-80,85H,7-75H2,1-6H3,(H,90,91)(H,92,93)/t77?,78-,79-,80-/m1/s1. The number of hydrogen-bond donors (Lipinski definition) is 3. The van der Waals surface area contributed by atoms with Gasteiger partial charge in [0.25, 0.3) is 0 Å². The number of carbonyl (C=O) groups is 4. The van der Waals surface area contributed by atoms with Crippen molar-refractivity contribution in [3.8, 4) is 0 Å². The summed E-state index contributed by atoms with van der Waals surface area (Å²) >= 11 is 0. The molecule has 0 aliphatic heterocycles. The van der Waals surface area contributed by atoms with Gasteiger partial charge in [0.15, 0.2) is 12.2 Å². The second-order valence-corrected chi connectivity index (χ2v) is 33.8. The molecule has 0 saturated carbocycles. The van der Waals surface area contributed by atoms with Crippen LogP contribution in [0.1, 0.15) is 446 Å². The third-order valence-electron chi connectivity index (χ3n) is 20.1. The molecule has 0 aromatic carbocycles. The van der Waals surface area contributed by atoms with Gasteiger partial charge in [-0.15, -0.1) is 0 Å². The van der Waals surface area contributed by atoms with Crippen LogP contribution in [0.5, 0.6) is 0 Å². The van der Waals surface area contributed by atoms with Crippen molar-refractivity contribution in [1.82, 2.24) is 0 Å². The van der Waals surface area contributed by atoms with Gasteiger partial charge in [0, 0.05) is 25.7 Å². The molecule has 0 aromatic heterocycles. The first-order valence-electron chi connectivity index (χ1n) is 43.5. The molecule has 0 fully saturated rings. The monoisotopic (exact) mass is 1510 g/mol. The molecule has 0 aromatic rings. The van der Waals surface area contributed by atoms with Crippen LogP contribution < -0.4 is 0 Å². The van der Waals surface area contributed by atoms with Crippen molar-refractivity contribution in [3.63, 3.8) is 0 Å². The summed E-state index contributed by atoms with van der Waals surface area (Å²) in [4.78, 5) is 73.1. The van der Waals surface area contributed by atoms with E-state index in [0.717, 1.165) is 102 Å². The topological polar surface area (TPSA) is 237 Å². The van der Waals surface area contributed by atoms with Crippen molar-refractivity contribution in [3.05, 3.63) is 0 Å². The van der Waals surface area contributed by atoms with E-state index in [4.69, 9.17) is 37.0 Å². The Kier molecular flexibility index (Phi) is 74.1. The molecule has 0 bridgehead atoms. The fourth-order valence-electron chi connectivity index (χ4n) is 13.0. The molecule has 0 aliphatic rings. The van der Waals surface area contributed by atoms with Gasteiger partial charge in [0.1, 0.15) is 19.3 Å². The molecule has 0 aliphatic carbocycles. The summed E-state index contributed by atoms with van der Waals surface area (Å²) in [6, 6.07) is 0. The van der Waals surface area contributed by atoms with Crippen LogP contribution in [0.2, 0.25) is 0 Å². The van der Waals surface area contributed by atoms with Crippen LogP contribution in [0, 0.1) is 11.8 Å². The summed E-state index contributed by atoms with van der Waals surface area (Å²) in [6.45, 7) is 9.69. The molecule has 0 spiro atoms. The first-order valence-corrected chi connectivity index (χ1v) is 46.5. The highest BCUT2D eigenvalue weighted by molar-refractivity contribution is 7.47. The Balaban J connectivity index is 5.23. The third kappa shape index (κ3) is 76.6. The SMILES string of the molecule is CCCCCCCCCCCCCCCCCC(=O)OC[C@H](COP(=O)(O)OC[C@@H](O)COP(=O)(O)OC[C@@H](COC(=O)CCCCCCCCCCC(C)C)OC(=O)CCCCCCCCCCCCCCCCC)OC(=O)CCCCCCCCCCCCCCCCCCCCC(C)CC. The largest absolute Gasteiger partial charge is 0.472 e. The first kappa shape index (κ1) is 101. The highest BCUT2D eigenvalue weighted by Crippen LogP contribution is 2.45. The number of aliphatic hydroxyl groups is 1. The Morgan fingerprint density at radius 3 is 0.738 bits per heavy atom. The lowest BCUT2D eigenvalue weighted by Crippen LogP contribution is -2.30. The van der Waals surface area contributed by atoms with Gasteiger partial charge in [-0.1, -0.05) is 395 Å². The Labute approximate surface area is 632 Å². The second kappa shape index (κ2) is 75.5. The predicted molar refractivity (Wildman–Crippen MR) is 423 cm³/mol. The Bertz CT molecular complexity index is 1980. The van der Waals surface area contributed by atoms with Crippen LogP contribution in [-0.4, -0.2) is 96.7 Å². The van der Waals surface area contributed by atoms with Gasteiger partial charge in [0.05, 0.1) is 26.4 Å². The molecule has 19 heteroatoms. The molecule has 17 nitrogen and oxygen atoms in total. The summed E-state index contributed by atoms with van der Waals surface area (Å²) in [6.07, 6.45) is 66.6. The number of phosphoric acid groups is 2. The molecule has 0 heterocycles. The van der Waals surface area contributed by atoms with Crippen LogP contribution >= 0.6 is 15.6 Å². The van der Waals surface area contributed by atoms with Crippen molar-refractivity contribution in [2.45, 2.75) is 464 Å². The minimum atomic E-state index is -4.96. The van der Waals surface area contributed by atoms with Crippen molar-refractivity contribution >= 4 is 39.5 Å². The Hall–Kier alpha value is -1.94. The van der Waals surface area contributed by atoms with E-state index in [1.54, 1.807) is 0 Å². The number of phosphoric ester groups is 2. The predicted octanol–water partition coefficient (Wildman–Crippen LogP) is 25.5. The molecule has 3 unspecified atom stereocenters. The maximum Gasteiger partial charge on any atom is 0.472 e. The lowest BCUT2D eigenvalue weighted by atomic mass is 9.99. The van der Waals surface area contributed by atoms with E-state index in [1.165, 1.54) is 263 Å². The van der Waals surface area contributed by atoms with E-state index in [2.05, 4.69) is 41.5 Å². The number of esters is 4. The smallest absolute Gasteiger partial charge is 0.462 e. The third-order valence-corrected chi connectivity index (χ3v) is 22.0. The molecule has 0 amide bonds. The van der Waals surface area contributed by atoms with Gasteiger partial charge in [-0.25, -0.2) is 9.13 Å². The van der Waals surface area contributed by atoms with E-state index >= 15 is 0 Å². The molecule has 6 atom stereocenters. The molecule has 0 saturated heterocycles. The maximum absolute atomic E-state index is 13.1.